The topological polar surface area (TPSA) is 147 Å². The molecule has 9 nitrogen and oxygen atoms in total. The van der Waals surface area contributed by atoms with Crippen LogP contribution in [0, 0.1) is 11.3 Å². The number of furan rings is 1. The van der Waals surface area contributed by atoms with Crippen molar-refractivity contribution in [2.24, 2.45) is 5.73 Å². The van der Waals surface area contributed by atoms with Gasteiger partial charge in [-0.3, -0.25) is 14.9 Å². The fourth-order valence-corrected chi connectivity index (χ4v) is 3.43. The Labute approximate surface area is 180 Å². The molecule has 0 radical (unpaired) electrons. The van der Waals surface area contributed by atoms with E-state index in [1.807, 2.05) is 0 Å². The van der Waals surface area contributed by atoms with Crippen molar-refractivity contribution in [3.05, 3.63) is 76.8 Å². The number of nitrogens with one attached hydrogen (secondary N) is 2. The van der Waals surface area contributed by atoms with Crippen molar-refractivity contribution < 1.29 is 18.7 Å². The van der Waals surface area contributed by atoms with E-state index < -0.39 is 11.8 Å². The molecular weight excluding hydrogens is 418 g/mol. The maximum atomic E-state index is 12.5. The zero-order chi connectivity index (χ0) is 21.8. The molecule has 0 atom stereocenters. The molecule has 2 amide bonds. The van der Waals surface area contributed by atoms with Crippen LogP contribution in [0.25, 0.3) is 11.3 Å². The first kappa shape index (κ1) is 19.9. The predicted molar refractivity (Wildman–Crippen MR) is 113 cm³/mol. The molecule has 3 heterocycles. The summed E-state index contributed by atoms with van der Waals surface area (Å²) in [6.07, 6.45) is 1.62. The normalized spacial score (nSPS) is 10.4. The summed E-state index contributed by atoms with van der Waals surface area (Å²) in [5, 5.41) is 13.9. The standard InChI is InChI=1S/C21H15N5O4S/c22-8-12-3-1-2-4-17(12)29-10-14-5-6-18(30-14)20(28)26-21-25-16(11-31-21)13-7-15(19(23)27)24-9-13/h1-7,9,11,24H,10H2,(H2,23,27)(H,25,26,28). The molecule has 4 aromatic rings. The number of rotatable bonds is 7. The number of carbonyl (C=O) groups excluding carboxylic acids is 2. The first-order valence-corrected chi connectivity index (χ1v) is 9.87. The Kier molecular flexibility index (Phi) is 5.51. The van der Waals surface area contributed by atoms with Gasteiger partial charge in [-0.1, -0.05) is 12.1 Å². The molecule has 0 aliphatic heterocycles. The number of nitrogens with two attached hydrogens (primary N) is 1. The fraction of sp³-hybridized carbons (Fsp3) is 0.0476. The first-order chi connectivity index (χ1) is 15.0. The van der Waals surface area contributed by atoms with Crippen LogP contribution >= 0.6 is 11.3 Å². The third kappa shape index (κ3) is 4.47. The van der Waals surface area contributed by atoms with E-state index in [4.69, 9.17) is 20.1 Å². The number of nitriles is 1. The highest BCUT2D eigenvalue weighted by atomic mass is 32.1. The minimum atomic E-state index is -0.566. The molecule has 0 saturated heterocycles. The second-order valence-electron chi connectivity index (χ2n) is 6.32. The zero-order valence-electron chi connectivity index (χ0n) is 15.9. The summed E-state index contributed by atoms with van der Waals surface area (Å²) in [5.41, 5.74) is 7.19. The highest BCUT2D eigenvalue weighted by Crippen LogP contribution is 2.26. The van der Waals surface area contributed by atoms with Crippen LogP contribution in [0.4, 0.5) is 5.13 Å². The van der Waals surface area contributed by atoms with Crippen LogP contribution in [-0.2, 0) is 6.61 Å². The maximum Gasteiger partial charge on any atom is 0.293 e. The molecule has 0 spiro atoms. The lowest BCUT2D eigenvalue weighted by molar-refractivity contribution is 0.0986. The number of primary amides is 1. The second kappa shape index (κ2) is 8.56. The lowest BCUT2D eigenvalue weighted by Gasteiger charge is -2.05. The van der Waals surface area contributed by atoms with Crippen LogP contribution in [0.15, 0.2) is 58.5 Å². The minimum Gasteiger partial charge on any atom is -0.484 e. The Morgan fingerprint density at radius 3 is 2.90 bits per heavy atom. The van der Waals surface area contributed by atoms with E-state index in [-0.39, 0.29) is 18.1 Å². The van der Waals surface area contributed by atoms with Crippen molar-refractivity contribution in [2.45, 2.75) is 6.61 Å². The van der Waals surface area contributed by atoms with Crippen LogP contribution in [-0.4, -0.2) is 21.8 Å². The van der Waals surface area contributed by atoms with Gasteiger partial charge >= 0.3 is 0 Å². The van der Waals surface area contributed by atoms with Gasteiger partial charge in [0.1, 0.15) is 29.9 Å². The number of hydrogen-bond acceptors (Lipinski definition) is 7. The minimum absolute atomic E-state index is 0.0725. The molecule has 4 N–H and O–H groups in total. The smallest absolute Gasteiger partial charge is 0.293 e. The zero-order valence-corrected chi connectivity index (χ0v) is 16.7. The number of benzene rings is 1. The average molecular weight is 433 g/mol. The van der Waals surface area contributed by atoms with Gasteiger partial charge in [-0.05, 0) is 30.3 Å². The molecule has 0 bridgehead atoms. The van der Waals surface area contributed by atoms with Crippen LogP contribution in [0.3, 0.4) is 0 Å². The number of amides is 2. The monoisotopic (exact) mass is 433 g/mol. The Balaban J connectivity index is 1.38. The molecule has 1 aromatic carbocycles. The van der Waals surface area contributed by atoms with Gasteiger partial charge < -0.3 is 19.9 Å². The quantitative estimate of drug-likeness (QED) is 0.406. The van der Waals surface area contributed by atoms with Gasteiger partial charge in [-0.25, -0.2) is 4.98 Å². The Morgan fingerprint density at radius 2 is 2.13 bits per heavy atom. The van der Waals surface area contributed by atoms with Gasteiger partial charge in [0, 0.05) is 17.1 Å². The van der Waals surface area contributed by atoms with Crippen molar-refractivity contribution >= 4 is 28.3 Å². The average Bonchev–Trinajstić information content (AvgIpc) is 3.52. The van der Waals surface area contributed by atoms with Crippen LogP contribution in [0.5, 0.6) is 5.75 Å². The number of ether oxygens (including phenoxy) is 1. The number of thiazole rings is 1. The predicted octanol–water partition coefficient (Wildman–Crippen LogP) is 3.53. The van der Waals surface area contributed by atoms with Gasteiger partial charge in [0.25, 0.3) is 11.8 Å². The van der Waals surface area contributed by atoms with Crippen molar-refractivity contribution in [3.63, 3.8) is 0 Å². The second-order valence-corrected chi connectivity index (χ2v) is 7.18. The van der Waals surface area contributed by atoms with Gasteiger partial charge in [-0.2, -0.15) is 5.26 Å². The van der Waals surface area contributed by atoms with E-state index >= 15 is 0 Å². The molecule has 154 valence electrons. The lowest BCUT2D eigenvalue weighted by Crippen LogP contribution is -2.10. The number of aromatic amines is 1. The third-order valence-electron chi connectivity index (χ3n) is 4.23. The Morgan fingerprint density at radius 1 is 1.29 bits per heavy atom. The maximum absolute atomic E-state index is 12.5. The molecule has 4 rings (SSSR count). The van der Waals surface area contributed by atoms with E-state index in [9.17, 15) is 9.59 Å². The molecule has 0 unspecified atom stereocenters. The summed E-state index contributed by atoms with van der Waals surface area (Å²) in [5.74, 6) is -0.0576. The summed E-state index contributed by atoms with van der Waals surface area (Å²) in [7, 11) is 0. The number of para-hydroxylation sites is 1. The van der Waals surface area contributed by atoms with Crippen molar-refractivity contribution in [2.75, 3.05) is 5.32 Å². The number of carbonyl (C=O) groups is 2. The van der Waals surface area contributed by atoms with Gasteiger partial charge in [0.05, 0.1) is 11.3 Å². The van der Waals surface area contributed by atoms with Crippen molar-refractivity contribution in [3.8, 4) is 23.1 Å². The van der Waals surface area contributed by atoms with Crippen LogP contribution in [0.1, 0.15) is 32.4 Å². The van der Waals surface area contributed by atoms with E-state index in [1.165, 1.54) is 17.4 Å². The lowest BCUT2D eigenvalue weighted by atomic mass is 10.2. The van der Waals surface area contributed by atoms with E-state index in [0.29, 0.717) is 33.5 Å². The highest BCUT2D eigenvalue weighted by molar-refractivity contribution is 7.14. The van der Waals surface area contributed by atoms with Crippen LogP contribution in [0.2, 0.25) is 0 Å². The molecule has 0 fully saturated rings. The van der Waals surface area contributed by atoms with Crippen molar-refractivity contribution in [1.29, 1.82) is 5.26 Å². The first-order valence-electron chi connectivity index (χ1n) is 8.99. The third-order valence-corrected chi connectivity index (χ3v) is 4.99. The van der Waals surface area contributed by atoms with Crippen molar-refractivity contribution in [1.82, 2.24) is 9.97 Å². The summed E-state index contributed by atoms with van der Waals surface area (Å²) in [4.78, 5) is 30.8. The van der Waals surface area contributed by atoms with Gasteiger partial charge in [0.15, 0.2) is 10.9 Å². The Bertz CT molecular complexity index is 1300. The summed E-state index contributed by atoms with van der Waals surface area (Å²) in [6.45, 7) is 0.0725. The fourth-order valence-electron chi connectivity index (χ4n) is 2.72. The molecule has 10 heteroatoms. The molecule has 0 aliphatic rings. The largest absolute Gasteiger partial charge is 0.484 e. The molecular formula is C21H15N5O4S. The molecule has 3 aromatic heterocycles. The summed E-state index contributed by atoms with van der Waals surface area (Å²) in [6, 6.07) is 13.7. The van der Waals surface area contributed by atoms with Gasteiger partial charge in [-0.15, -0.1) is 11.3 Å². The molecule has 0 saturated carbocycles. The van der Waals surface area contributed by atoms with Gasteiger partial charge in [0.2, 0.25) is 0 Å². The number of H-pyrrole nitrogens is 1. The molecule has 0 aliphatic carbocycles. The number of anilines is 1. The Hall–Kier alpha value is -4.36. The van der Waals surface area contributed by atoms with E-state index in [1.54, 1.807) is 48.0 Å². The van der Waals surface area contributed by atoms with Crippen LogP contribution < -0.4 is 15.8 Å². The number of nitrogens with zero attached hydrogens (tertiary/aromatic N) is 2. The number of hydrogen-bond donors (Lipinski definition) is 3. The summed E-state index contributed by atoms with van der Waals surface area (Å²) >= 11 is 1.23. The summed E-state index contributed by atoms with van der Waals surface area (Å²) < 4.78 is 11.1. The SMILES string of the molecule is N#Cc1ccccc1OCc1ccc(C(=O)Nc2nc(-c3c[nH]c(C(N)=O)c3)cs2)o1. The highest BCUT2D eigenvalue weighted by Gasteiger charge is 2.15. The molecule has 31 heavy (non-hydrogen) atoms. The number of aromatic nitrogens is 2. The van der Waals surface area contributed by atoms with E-state index in [0.717, 1.165) is 0 Å². The van der Waals surface area contributed by atoms with E-state index in [2.05, 4.69) is 21.4 Å².